The number of halogens is 2. The van der Waals surface area contributed by atoms with Crippen LogP contribution in [0.1, 0.15) is 25.3 Å². The summed E-state index contributed by atoms with van der Waals surface area (Å²) in [6, 6.07) is 11.6. The number of fused-ring (bicyclic) bond motifs is 1. The van der Waals surface area contributed by atoms with Crippen molar-refractivity contribution in [3.05, 3.63) is 58.1 Å². The summed E-state index contributed by atoms with van der Waals surface area (Å²) in [5.74, 6) is 0. The summed E-state index contributed by atoms with van der Waals surface area (Å²) in [5.41, 5.74) is 1.08. The number of anilines is 1. The molecule has 26 heavy (non-hydrogen) atoms. The van der Waals surface area contributed by atoms with E-state index >= 15 is 0 Å². The van der Waals surface area contributed by atoms with E-state index in [1.807, 2.05) is 37.3 Å². The standard InChI is InChI=1S/C18H18Cl2N2O3S/c1-2-3-9-22-18(23)21(12-13-7-5-4-6-8-13)16-11-14(19)10-15(20)17(16)26(22,24)25/h4-8,10-11H,2-3,9,12H2,1H3. The summed E-state index contributed by atoms with van der Waals surface area (Å²) in [6.45, 7) is 2.27. The second-order valence-corrected chi connectivity index (χ2v) is 8.66. The lowest BCUT2D eigenvalue weighted by molar-refractivity contribution is 0.227. The molecule has 3 rings (SSSR count). The minimum absolute atomic E-state index is 0.0135. The van der Waals surface area contributed by atoms with Crippen LogP contribution in [0.25, 0.3) is 0 Å². The highest BCUT2D eigenvalue weighted by molar-refractivity contribution is 7.90. The smallest absolute Gasteiger partial charge is 0.288 e. The van der Waals surface area contributed by atoms with Crippen molar-refractivity contribution in [2.24, 2.45) is 0 Å². The van der Waals surface area contributed by atoms with Crippen molar-refractivity contribution in [1.82, 2.24) is 4.31 Å². The van der Waals surface area contributed by atoms with Crippen molar-refractivity contribution in [2.45, 2.75) is 31.2 Å². The molecule has 0 atom stereocenters. The minimum atomic E-state index is -4.03. The van der Waals surface area contributed by atoms with E-state index in [-0.39, 0.29) is 33.7 Å². The minimum Gasteiger partial charge on any atom is -0.288 e. The average molecular weight is 413 g/mol. The zero-order valence-corrected chi connectivity index (χ0v) is 16.5. The van der Waals surface area contributed by atoms with E-state index in [0.29, 0.717) is 6.42 Å². The van der Waals surface area contributed by atoms with Crippen LogP contribution in [0.15, 0.2) is 47.4 Å². The number of carbonyl (C=O) groups is 1. The first-order chi connectivity index (χ1) is 12.4. The molecule has 2 aromatic carbocycles. The molecule has 0 aliphatic carbocycles. The molecule has 0 saturated carbocycles. The van der Waals surface area contributed by atoms with Crippen LogP contribution >= 0.6 is 23.2 Å². The summed E-state index contributed by atoms with van der Waals surface area (Å²) in [4.78, 5) is 14.4. The van der Waals surface area contributed by atoms with E-state index in [4.69, 9.17) is 23.2 Å². The largest absolute Gasteiger partial charge is 0.338 e. The quantitative estimate of drug-likeness (QED) is 0.699. The molecule has 2 amide bonds. The second kappa shape index (κ2) is 7.47. The number of hydrogen-bond donors (Lipinski definition) is 0. The molecule has 5 nitrogen and oxygen atoms in total. The third kappa shape index (κ3) is 3.41. The molecule has 0 aromatic heterocycles. The van der Waals surface area contributed by atoms with Crippen molar-refractivity contribution in [1.29, 1.82) is 0 Å². The molecule has 0 radical (unpaired) electrons. The van der Waals surface area contributed by atoms with Gasteiger partial charge < -0.3 is 0 Å². The monoisotopic (exact) mass is 412 g/mol. The molecule has 1 aliphatic rings. The summed E-state index contributed by atoms with van der Waals surface area (Å²) in [7, 11) is -4.03. The fraction of sp³-hybridized carbons (Fsp3) is 0.278. The van der Waals surface area contributed by atoms with Gasteiger partial charge in [-0.2, -0.15) is 0 Å². The number of nitrogens with zero attached hydrogens (tertiary/aromatic N) is 2. The maximum atomic E-state index is 13.0. The van der Waals surface area contributed by atoms with Crippen LogP contribution in [0.5, 0.6) is 0 Å². The molecule has 138 valence electrons. The molecular weight excluding hydrogens is 395 g/mol. The Kier molecular flexibility index (Phi) is 5.46. The zero-order chi connectivity index (χ0) is 18.9. The first-order valence-corrected chi connectivity index (χ1v) is 10.4. The molecular formula is C18H18Cl2N2O3S. The third-order valence-corrected chi connectivity index (χ3v) is 6.66. The Morgan fingerprint density at radius 1 is 1.08 bits per heavy atom. The van der Waals surface area contributed by atoms with Crippen molar-refractivity contribution in [2.75, 3.05) is 11.4 Å². The number of urea groups is 1. The zero-order valence-electron chi connectivity index (χ0n) is 14.2. The van der Waals surface area contributed by atoms with Gasteiger partial charge in [0.25, 0.3) is 10.0 Å². The van der Waals surface area contributed by atoms with E-state index in [2.05, 4.69) is 0 Å². The molecule has 0 spiro atoms. The van der Waals surface area contributed by atoms with E-state index in [9.17, 15) is 13.2 Å². The maximum absolute atomic E-state index is 13.0. The van der Waals surface area contributed by atoms with Crippen LogP contribution in [0.3, 0.4) is 0 Å². The van der Waals surface area contributed by atoms with Crippen molar-refractivity contribution < 1.29 is 13.2 Å². The van der Waals surface area contributed by atoms with Gasteiger partial charge in [0, 0.05) is 11.6 Å². The summed E-state index contributed by atoms with van der Waals surface area (Å²) < 4.78 is 26.9. The van der Waals surface area contributed by atoms with Crippen molar-refractivity contribution in [3.63, 3.8) is 0 Å². The lowest BCUT2D eigenvalue weighted by Crippen LogP contribution is -2.50. The Morgan fingerprint density at radius 2 is 1.77 bits per heavy atom. The Morgan fingerprint density at radius 3 is 2.42 bits per heavy atom. The van der Waals surface area contributed by atoms with Crippen LogP contribution in [-0.4, -0.2) is 25.3 Å². The van der Waals surface area contributed by atoms with E-state index < -0.39 is 16.1 Å². The number of hydrogen-bond acceptors (Lipinski definition) is 3. The average Bonchev–Trinajstić information content (AvgIpc) is 2.58. The molecule has 2 aromatic rings. The highest BCUT2D eigenvalue weighted by Crippen LogP contribution is 2.41. The van der Waals surface area contributed by atoms with Crippen LogP contribution in [0.4, 0.5) is 10.5 Å². The van der Waals surface area contributed by atoms with Gasteiger partial charge in [0.1, 0.15) is 4.90 Å². The van der Waals surface area contributed by atoms with Crippen LogP contribution in [0.2, 0.25) is 10.0 Å². The Labute approximate surface area is 163 Å². The Hall–Kier alpha value is -1.76. The van der Waals surface area contributed by atoms with Gasteiger partial charge in [-0.3, -0.25) is 4.90 Å². The van der Waals surface area contributed by atoms with Crippen LogP contribution in [0, 0.1) is 0 Å². The normalized spacial score (nSPS) is 15.9. The van der Waals surface area contributed by atoms with Crippen LogP contribution < -0.4 is 4.90 Å². The highest BCUT2D eigenvalue weighted by Gasteiger charge is 2.42. The van der Waals surface area contributed by atoms with E-state index in [0.717, 1.165) is 16.3 Å². The predicted molar refractivity (Wildman–Crippen MR) is 103 cm³/mol. The molecule has 0 unspecified atom stereocenters. The first kappa shape index (κ1) is 19.0. The fourth-order valence-corrected chi connectivity index (χ4v) is 5.30. The van der Waals surface area contributed by atoms with Crippen LogP contribution in [-0.2, 0) is 16.6 Å². The first-order valence-electron chi connectivity index (χ1n) is 8.23. The third-order valence-electron chi connectivity index (χ3n) is 4.17. The van der Waals surface area contributed by atoms with E-state index in [1.54, 1.807) is 0 Å². The number of rotatable bonds is 5. The molecule has 1 heterocycles. The van der Waals surface area contributed by atoms with Gasteiger partial charge in [-0.1, -0.05) is 66.9 Å². The number of benzene rings is 2. The van der Waals surface area contributed by atoms with Gasteiger partial charge in [-0.05, 0) is 24.1 Å². The number of unbranched alkanes of at least 4 members (excludes halogenated alkanes) is 1. The molecule has 0 bridgehead atoms. The molecule has 0 N–H and O–H groups in total. The molecule has 0 fully saturated rings. The highest BCUT2D eigenvalue weighted by atomic mass is 35.5. The van der Waals surface area contributed by atoms with Gasteiger partial charge >= 0.3 is 6.03 Å². The van der Waals surface area contributed by atoms with Crippen molar-refractivity contribution >= 4 is 44.9 Å². The van der Waals surface area contributed by atoms with Crippen molar-refractivity contribution in [3.8, 4) is 0 Å². The summed E-state index contributed by atoms with van der Waals surface area (Å²) >= 11 is 12.3. The van der Waals surface area contributed by atoms with Gasteiger partial charge in [-0.15, -0.1) is 0 Å². The maximum Gasteiger partial charge on any atom is 0.338 e. The summed E-state index contributed by atoms with van der Waals surface area (Å²) in [6.07, 6.45) is 1.34. The van der Waals surface area contributed by atoms with E-state index in [1.165, 1.54) is 17.0 Å². The van der Waals surface area contributed by atoms with Gasteiger partial charge in [-0.25, -0.2) is 17.5 Å². The molecule has 8 heteroatoms. The van der Waals surface area contributed by atoms with Gasteiger partial charge in [0.15, 0.2) is 0 Å². The number of sulfonamides is 1. The topological polar surface area (TPSA) is 57.7 Å². The Bertz CT molecular complexity index is 933. The SMILES string of the molecule is CCCCN1C(=O)N(Cc2ccccc2)c2cc(Cl)cc(Cl)c2S1(=O)=O. The number of carbonyl (C=O) groups excluding carboxylic acids is 1. The Balaban J connectivity index is 2.16. The lowest BCUT2D eigenvalue weighted by atomic mass is 10.2. The predicted octanol–water partition coefficient (Wildman–Crippen LogP) is 4.92. The summed E-state index contributed by atoms with van der Waals surface area (Å²) in [5, 5.41) is 0.288. The molecule has 1 aliphatic heterocycles. The lowest BCUT2D eigenvalue weighted by Gasteiger charge is -2.36. The fourth-order valence-electron chi connectivity index (χ4n) is 2.89. The van der Waals surface area contributed by atoms with Gasteiger partial charge in [0.05, 0.1) is 17.3 Å². The second-order valence-electron chi connectivity index (χ2n) is 6.02. The van der Waals surface area contributed by atoms with Gasteiger partial charge in [0.2, 0.25) is 0 Å². The number of amides is 2. The molecule has 0 saturated heterocycles.